The normalized spacial score (nSPS) is 13.0. The summed E-state index contributed by atoms with van der Waals surface area (Å²) in [6.45, 7) is 2.23. The van der Waals surface area contributed by atoms with E-state index in [4.69, 9.17) is 19.0 Å². The number of rotatable bonds is 13. The highest BCUT2D eigenvalue weighted by atomic mass is 32.2. The molecule has 1 aromatic heterocycles. The third kappa shape index (κ3) is 8.04. The molecule has 0 spiro atoms. The third-order valence-corrected chi connectivity index (χ3v) is 8.30. The highest BCUT2D eigenvalue weighted by Gasteiger charge is 2.29. The molecule has 0 fully saturated rings. The summed E-state index contributed by atoms with van der Waals surface area (Å²) in [6.07, 6.45) is 1.25. The van der Waals surface area contributed by atoms with Crippen LogP contribution in [0.4, 0.5) is 0 Å². The lowest BCUT2D eigenvalue weighted by atomic mass is 10.0. The molecule has 3 aromatic carbocycles. The molecule has 0 saturated carbocycles. The van der Waals surface area contributed by atoms with Crippen molar-refractivity contribution in [3.8, 4) is 17.2 Å². The molecule has 0 aliphatic carbocycles. The van der Waals surface area contributed by atoms with Gasteiger partial charge in [-0.2, -0.15) is 0 Å². The molecule has 1 aliphatic rings. The lowest BCUT2D eigenvalue weighted by Crippen LogP contribution is -2.36. The Morgan fingerprint density at radius 2 is 1.82 bits per heavy atom. The van der Waals surface area contributed by atoms with Crippen molar-refractivity contribution in [2.45, 2.75) is 32.5 Å². The zero-order valence-corrected chi connectivity index (χ0v) is 25.4. The summed E-state index contributed by atoms with van der Waals surface area (Å²) >= 11 is 1.52. The van der Waals surface area contributed by atoms with E-state index < -0.39 is 27.9 Å². The van der Waals surface area contributed by atoms with Gasteiger partial charge >= 0.3 is 0 Å². The number of amides is 2. The SMILES string of the molecule is CCCc1cc(C(=O)NOCc2cccs2)ccc1OC(C(=O)NS(=O)(=O)/C=C/c1ccccc1)c1ccc2c(c1)OCO2. The molecule has 2 heterocycles. The molecule has 4 aromatic rings. The molecular formula is C32H30N2O8S2. The zero-order chi connectivity index (χ0) is 30.9. The number of sulfonamides is 1. The van der Waals surface area contributed by atoms with Crippen LogP contribution in [0.2, 0.25) is 0 Å². The summed E-state index contributed by atoms with van der Waals surface area (Å²) in [6, 6.07) is 22.2. The number of ether oxygens (including phenoxy) is 3. The summed E-state index contributed by atoms with van der Waals surface area (Å²) in [5, 5.41) is 2.84. The van der Waals surface area contributed by atoms with Crippen LogP contribution in [0, 0.1) is 0 Å². The molecule has 1 unspecified atom stereocenters. The Morgan fingerprint density at radius 1 is 1.00 bits per heavy atom. The van der Waals surface area contributed by atoms with E-state index in [0.29, 0.717) is 45.9 Å². The van der Waals surface area contributed by atoms with Crippen molar-refractivity contribution in [2.75, 3.05) is 6.79 Å². The summed E-state index contributed by atoms with van der Waals surface area (Å²) in [5.74, 6) is -0.133. The molecular weight excluding hydrogens is 604 g/mol. The van der Waals surface area contributed by atoms with Crippen LogP contribution in [0.25, 0.3) is 6.08 Å². The molecule has 228 valence electrons. The number of hydrogen-bond acceptors (Lipinski definition) is 9. The average molecular weight is 635 g/mol. The Bertz CT molecular complexity index is 1740. The van der Waals surface area contributed by atoms with Gasteiger partial charge in [0.1, 0.15) is 12.4 Å². The number of fused-ring (bicyclic) bond motifs is 1. The van der Waals surface area contributed by atoms with E-state index >= 15 is 0 Å². The molecule has 1 atom stereocenters. The van der Waals surface area contributed by atoms with E-state index in [2.05, 4.69) is 10.2 Å². The van der Waals surface area contributed by atoms with Gasteiger partial charge in [-0.25, -0.2) is 18.6 Å². The molecule has 2 amide bonds. The Morgan fingerprint density at radius 3 is 2.59 bits per heavy atom. The smallest absolute Gasteiger partial charge is 0.279 e. The highest BCUT2D eigenvalue weighted by molar-refractivity contribution is 7.93. The van der Waals surface area contributed by atoms with E-state index in [0.717, 1.165) is 16.7 Å². The quantitative estimate of drug-likeness (QED) is 0.184. The van der Waals surface area contributed by atoms with Crippen molar-refractivity contribution in [1.29, 1.82) is 0 Å². The van der Waals surface area contributed by atoms with E-state index in [1.807, 2.05) is 30.5 Å². The Hall–Kier alpha value is -4.65. The largest absolute Gasteiger partial charge is 0.475 e. The van der Waals surface area contributed by atoms with Gasteiger partial charge < -0.3 is 14.2 Å². The van der Waals surface area contributed by atoms with Crippen molar-refractivity contribution in [1.82, 2.24) is 10.2 Å². The summed E-state index contributed by atoms with van der Waals surface area (Å²) in [5.41, 5.74) is 4.44. The topological polar surface area (TPSA) is 129 Å². The number of benzene rings is 3. The average Bonchev–Trinajstić information content (AvgIpc) is 3.72. The summed E-state index contributed by atoms with van der Waals surface area (Å²) in [4.78, 5) is 32.6. The van der Waals surface area contributed by atoms with Crippen molar-refractivity contribution in [3.05, 3.63) is 117 Å². The van der Waals surface area contributed by atoms with E-state index in [1.54, 1.807) is 60.7 Å². The molecule has 10 nitrogen and oxygen atoms in total. The van der Waals surface area contributed by atoms with Crippen molar-refractivity contribution in [2.24, 2.45) is 0 Å². The third-order valence-electron chi connectivity index (χ3n) is 6.47. The van der Waals surface area contributed by atoms with Crippen LogP contribution in [-0.2, 0) is 32.7 Å². The lowest BCUT2D eigenvalue weighted by molar-refractivity contribution is -0.126. The number of nitrogens with one attached hydrogen (secondary N) is 2. The molecule has 0 saturated heterocycles. The number of hydroxylamine groups is 1. The van der Waals surface area contributed by atoms with Gasteiger partial charge in [-0.15, -0.1) is 11.3 Å². The van der Waals surface area contributed by atoms with Crippen LogP contribution in [0.5, 0.6) is 17.2 Å². The van der Waals surface area contributed by atoms with Crippen LogP contribution >= 0.6 is 11.3 Å². The lowest BCUT2D eigenvalue weighted by Gasteiger charge is -2.21. The maximum absolute atomic E-state index is 13.5. The number of aryl methyl sites for hydroxylation is 1. The summed E-state index contributed by atoms with van der Waals surface area (Å²) in [7, 11) is -4.18. The highest BCUT2D eigenvalue weighted by Crippen LogP contribution is 2.36. The fourth-order valence-electron chi connectivity index (χ4n) is 4.36. The minimum atomic E-state index is -4.18. The standard InChI is InChI=1S/C32H30N2O8S2/c1-2-7-23-18-25(31(35)33-41-20-26-10-6-16-43-26)12-13-27(23)42-30(24-11-14-28-29(19-24)40-21-39-28)32(36)34-44(37,38)17-15-22-8-4-3-5-9-22/h3-6,8-19,30H,2,7,20-21H2,1H3,(H,33,35)(H,34,36)/b17-15+. The van der Waals surface area contributed by atoms with Crippen LogP contribution in [0.1, 0.15) is 51.4 Å². The monoisotopic (exact) mass is 634 g/mol. The van der Waals surface area contributed by atoms with Crippen LogP contribution in [-0.4, -0.2) is 27.0 Å². The first kappa shape index (κ1) is 30.8. The van der Waals surface area contributed by atoms with Crippen molar-refractivity contribution in [3.63, 3.8) is 0 Å². The van der Waals surface area contributed by atoms with E-state index in [-0.39, 0.29) is 13.4 Å². The van der Waals surface area contributed by atoms with Gasteiger partial charge in [0.2, 0.25) is 12.9 Å². The molecule has 2 N–H and O–H groups in total. The first-order valence-corrected chi connectivity index (χ1v) is 16.2. The minimum Gasteiger partial charge on any atom is -0.475 e. The number of hydrogen-bond donors (Lipinski definition) is 2. The van der Waals surface area contributed by atoms with E-state index in [9.17, 15) is 18.0 Å². The minimum absolute atomic E-state index is 0.0242. The first-order chi connectivity index (χ1) is 21.3. The van der Waals surface area contributed by atoms with Gasteiger partial charge in [0.25, 0.3) is 21.8 Å². The molecule has 44 heavy (non-hydrogen) atoms. The van der Waals surface area contributed by atoms with Crippen LogP contribution in [0.3, 0.4) is 0 Å². The van der Waals surface area contributed by atoms with Gasteiger partial charge in [0, 0.05) is 16.0 Å². The Kier molecular flexibility index (Phi) is 9.95. The van der Waals surface area contributed by atoms with Gasteiger partial charge in [-0.1, -0.05) is 55.8 Å². The van der Waals surface area contributed by atoms with Gasteiger partial charge in [-0.3, -0.25) is 14.4 Å². The number of carbonyl (C=O) groups is 2. The number of carbonyl (C=O) groups excluding carboxylic acids is 2. The van der Waals surface area contributed by atoms with Crippen LogP contribution in [0.15, 0.2) is 89.7 Å². The second kappa shape index (κ2) is 14.2. The van der Waals surface area contributed by atoms with Crippen molar-refractivity contribution < 1.29 is 37.1 Å². The van der Waals surface area contributed by atoms with Gasteiger partial charge in [0.15, 0.2) is 11.5 Å². The second-order valence-corrected chi connectivity index (χ2v) is 12.3. The van der Waals surface area contributed by atoms with Crippen molar-refractivity contribution >= 4 is 39.3 Å². The fourth-order valence-corrected chi connectivity index (χ4v) is 5.77. The molecule has 5 rings (SSSR count). The number of thiophene rings is 1. The molecule has 12 heteroatoms. The predicted octanol–water partition coefficient (Wildman–Crippen LogP) is 5.53. The maximum Gasteiger partial charge on any atom is 0.279 e. The van der Waals surface area contributed by atoms with Gasteiger partial charge in [0.05, 0.1) is 5.41 Å². The Balaban J connectivity index is 1.38. The van der Waals surface area contributed by atoms with E-state index in [1.165, 1.54) is 17.4 Å². The first-order valence-electron chi connectivity index (χ1n) is 13.7. The fraction of sp³-hybridized carbons (Fsp3) is 0.188. The summed E-state index contributed by atoms with van der Waals surface area (Å²) < 4.78 is 44.9. The maximum atomic E-state index is 13.5. The Labute approximate surface area is 259 Å². The predicted molar refractivity (Wildman–Crippen MR) is 165 cm³/mol. The molecule has 0 radical (unpaired) electrons. The molecule has 1 aliphatic heterocycles. The zero-order valence-electron chi connectivity index (χ0n) is 23.7. The van der Waals surface area contributed by atoms with Crippen LogP contribution < -0.4 is 24.4 Å². The molecule has 0 bridgehead atoms. The second-order valence-electron chi connectivity index (χ2n) is 9.71. The van der Waals surface area contributed by atoms with Gasteiger partial charge in [-0.05, 0) is 65.4 Å².